The molecule has 1 amide bonds. The van der Waals surface area contributed by atoms with E-state index in [1.165, 1.54) is 16.4 Å². The molecule has 0 saturated carbocycles. The summed E-state index contributed by atoms with van der Waals surface area (Å²) in [4.78, 5) is 14.3. The van der Waals surface area contributed by atoms with Crippen molar-refractivity contribution in [3.8, 4) is 0 Å². The van der Waals surface area contributed by atoms with Crippen molar-refractivity contribution >= 4 is 15.9 Å². The van der Waals surface area contributed by atoms with Crippen LogP contribution in [0.4, 0.5) is 0 Å². The van der Waals surface area contributed by atoms with Crippen molar-refractivity contribution in [3.63, 3.8) is 0 Å². The van der Waals surface area contributed by atoms with Crippen molar-refractivity contribution in [1.82, 2.24) is 9.21 Å². The van der Waals surface area contributed by atoms with Crippen molar-refractivity contribution in [1.29, 1.82) is 0 Å². The van der Waals surface area contributed by atoms with Gasteiger partial charge in [-0.1, -0.05) is 0 Å². The van der Waals surface area contributed by atoms with Crippen LogP contribution in [0.5, 0.6) is 0 Å². The number of nitrogens with two attached hydrogens (primary N) is 1. The minimum Gasteiger partial charge on any atom is -0.373 e. The summed E-state index contributed by atoms with van der Waals surface area (Å²) in [6, 6.07) is 6.18. The summed E-state index contributed by atoms with van der Waals surface area (Å²) in [5.41, 5.74) is 6.32. The highest BCUT2D eigenvalue weighted by Crippen LogP contribution is 2.22. The summed E-state index contributed by atoms with van der Waals surface area (Å²) >= 11 is 0. The highest BCUT2D eigenvalue weighted by Gasteiger charge is 2.32. The van der Waals surface area contributed by atoms with E-state index in [2.05, 4.69) is 0 Å². The molecule has 2 fully saturated rings. The van der Waals surface area contributed by atoms with Crippen molar-refractivity contribution in [3.05, 3.63) is 29.8 Å². The minimum absolute atomic E-state index is 0.0221. The third-order valence-electron chi connectivity index (χ3n) is 4.64. The van der Waals surface area contributed by atoms with Gasteiger partial charge in [0.15, 0.2) is 0 Å². The number of sulfonamides is 1. The molecule has 0 spiro atoms. The van der Waals surface area contributed by atoms with E-state index in [1.807, 2.05) is 13.8 Å². The van der Waals surface area contributed by atoms with Crippen molar-refractivity contribution < 1.29 is 17.9 Å². The first-order valence-corrected chi connectivity index (χ1v) is 10.0. The van der Waals surface area contributed by atoms with Gasteiger partial charge >= 0.3 is 0 Å². The average molecular weight is 367 g/mol. The molecule has 3 atom stereocenters. The Kier molecular flexibility index (Phi) is 5.15. The van der Waals surface area contributed by atoms with Gasteiger partial charge in [-0.05, 0) is 44.5 Å². The topological polar surface area (TPSA) is 92.9 Å². The molecule has 0 bridgehead atoms. The number of amides is 1. The molecule has 2 unspecified atom stereocenters. The van der Waals surface area contributed by atoms with E-state index in [9.17, 15) is 13.2 Å². The summed E-state index contributed by atoms with van der Waals surface area (Å²) in [6.07, 6.45) is 0.517. The van der Waals surface area contributed by atoms with Crippen molar-refractivity contribution in [2.45, 2.75) is 43.4 Å². The lowest BCUT2D eigenvalue weighted by Crippen LogP contribution is -2.48. The number of hydrogen-bond donors (Lipinski definition) is 1. The fraction of sp³-hybridized carbons (Fsp3) is 0.588. The molecule has 25 heavy (non-hydrogen) atoms. The second kappa shape index (κ2) is 7.03. The largest absolute Gasteiger partial charge is 0.373 e. The van der Waals surface area contributed by atoms with Gasteiger partial charge in [0.1, 0.15) is 0 Å². The van der Waals surface area contributed by atoms with E-state index in [-0.39, 0.29) is 29.1 Å². The predicted octanol–water partition coefficient (Wildman–Crippen LogP) is 0.658. The highest BCUT2D eigenvalue weighted by atomic mass is 32.2. The molecule has 2 aliphatic heterocycles. The number of rotatable bonds is 3. The Balaban J connectivity index is 1.76. The van der Waals surface area contributed by atoms with Crippen LogP contribution in [0.2, 0.25) is 0 Å². The summed E-state index contributed by atoms with van der Waals surface area (Å²) in [5, 5.41) is 0. The lowest BCUT2D eigenvalue weighted by Gasteiger charge is -2.34. The summed E-state index contributed by atoms with van der Waals surface area (Å²) < 4.78 is 32.7. The molecule has 7 nitrogen and oxygen atoms in total. The number of nitrogens with zero attached hydrogens (tertiary/aromatic N) is 2. The Morgan fingerprint density at radius 1 is 1.12 bits per heavy atom. The normalized spacial score (nSPS) is 28.3. The van der Waals surface area contributed by atoms with Crippen LogP contribution in [-0.4, -0.2) is 68.0 Å². The van der Waals surface area contributed by atoms with Gasteiger partial charge in [-0.2, -0.15) is 4.31 Å². The maximum atomic E-state index is 12.8. The zero-order valence-electron chi connectivity index (χ0n) is 14.6. The molecule has 8 heteroatoms. The van der Waals surface area contributed by atoms with E-state index in [4.69, 9.17) is 10.5 Å². The van der Waals surface area contributed by atoms with Crippen LogP contribution in [-0.2, 0) is 14.8 Å². The Morgan fingerprint density at radius 2 is 1.72 bits per heavy atom. The summed E-state index contributed by atoms with van der Waals surface area (Å²) in [7, 11) is -3.59. The third kappa shape index (κ3) is 3.87. The van der Waals surface area contributed by atoms with E-state index in [0.717, 1.165) is 6.42 Å². The fourth-order valence-electron chi connectivity index (χ4n) is 3.40. The van der Waals surface area contributed by atoms with Gasteiger partial charge in [0.2, 0.25) is 10.0 Å². The van der Waals surface area contributed by atoms with Gasteiger partial charge in [0.25, 0.3) is 5.91 Å². The monoisotopic (exact) mass is 367 g/mol. The van der Waals surface area contributed by atoms with Crippen LogP contribution in [0.15, 0.2) is 29.2 Å². The van der Waals surface area contributed by atoms with Crippen LogP contribution >= 0.6 is 0 Å². The van der Waals surface area contributed by atoms with Crippen LogP contribution in [0, 0.1) is 0 Å². The summed E-state index contributed by atoms with van der Waals surface area (Å²) in [6.45, 7) is 5.57. The Morgan fingerprint density at radius 3 is 2.24 bits per heavy atom. The molecule has 3 rings (SSSR count). The zero-order valence-corrected chi connectivity index (χ0v) is 15.4. The molecule has 2 heterocycles. The quantitative estimate of drug-likeness (QED) is 0.847. The zero-order chi connectivity index (χ0) is 18.2. The van der Waals surface area contributed by atoms with Crippen LogP contribution in [0.1, 0.15) is 30.6 Å². The molecule has 0 aromatic heterocycles. The van der Waals surface area contributed by atoms with Crippen molar-refractivity contribution in [2.75, 3.05) is 26.2 Å². The molecule has 138 valence electrons. The highest BCUT2D eigenvalue weighted by molar-refractivity contribution is 7.89. The Hall–Kier alpha value is -1.48. The molecule has 0 radical (unpaired) electrons. The Bertz CT molecular complexity index is 725. The lowest BCUT2D eigenvalue weighted by molar-refractivity contribution is -0.0440. The number of likely N-dealkylation sites (tertiary alicyclic amines) is 1. The van der Waals surface area contributed by atoms with E-state index < -0.39 is 10.0 Å². The smallest absolute Gasteiger partial charge is 0.253 e. The molecular formula is C17H25N3O4S. The predicted molar refractivity (Wildman–Crippen MR) is 93.7 cm³/mol. The molecule has 1 aromatic carbocycles. The van der Waals surface area contributed by atoms with Crippen LogP contribution in [0.3, 0.4) is 0 Å². The number of morpholine rings is 1. The van der Waals surface area contributed by atoms with E-state index in [1.54, 1.807) is 17.0 Å². The molecule has 0 aliphatic carbocycles. The second-order valence-electron chi connectivity index (χ2n) is 6.90. The summed E-state index contributed by atoms with van der Waals surface area (Å²) in [5.74, 6) is -0.106. The number of hydrogen-bond acceptors (Lipinski definition) is 5. The van der Waals surface area contributed by atoms with E-state index >= 15 is 0 Å². The average Bonchev–Trinajstić information content (AvgIpc) is 3.00. The number of benzene rings is 1. The minimum atomic E-state index is -3.59. The molecule has 2 N–H and O–H groups in total. The van der Waals surface area contributed by atoms with Crippen LogP contribution in [0.25, 0.3) is 0 Å². The SMILES string of the molecule is CC1CN(S(=O)(=O)c2ccc(C(=O)N3CC[C@@H](N)C3)cc2)CC(C)O1. The second-order valence-corrected chi connectivity index (χ2v) is 8.84. The van der Waals surface area contributed by atoms with Crippen LogP contribution < -0.4 is 5.73 Å². The molecule has 2 aliphatic rings. The van der Waals surface area contributed by atoms with Gasteiger partial charge in [-0.3, -0.25) is 4.79 Å². The van der Waals surface area contributed by atoms with Gasteiger partial charge in [0, 0.05) is 37.8 Å². The number of ether oxygens (including phenoxy) is 1. The first kappa shape index (κ1) is 18.3. The first-order chi connectivity index (χ1) is 11.8. The van der Waals surface area contributed by atoms with Gasteiger partial charge in [0.05, 0.1) is 17.1 Å². The number of carbonyl (C=O) groups excluding carboxylic acids is 1. The maximum Gasteiger partial charge on any atom is 0.253 e. The molecular weight excluding hydrogens is 342 g/mol. The lowest BCUT2D eigenvalue weighted by atomic mass is 10.2. The van der Waals surface area contributed by atoms with Gasteiger partial charge in [-0.15, -0.1) is 0 Å². The molecule has 2 saturated heterocycles. The Labute approximate surface area is 148 Å². The molecule has 1 aromatic rings. The van der Waals surface area contributed by atoms with Gasteiger partial charge in [-0.25, -0.2) is 8.42 Å². The maximum absolute atomic E-state index is 12.8. The van der Waals surface area contributed by atoms with Gasteiger partial charge < -0.3 is 15.4 Å². The van der Waals surface area contributed by atoms with Crippen molar-refractivity contribution in [2.24, 2.45) is 5.73 Å². The third-order valence-corrected chi connectivity index (χ3v) is 6.48. The first-order valence-electron chi connectivity index (χ1n) is 8.58. The standard InChI is InChI=1S/C17H25N3O4S/c1-12-9-20(10-13(2)24-12)25(22,23)16-5-3-14(4-6-16)17(21)19-8-7-15(18)11-19/h3-6,12-13,15H,7-11,18H2,1-2H3/t12?,13?,15-/m1/s1. The van der Waals surface area contributed by atoms with E-state index in [0.29, 0.717) is 31.7 Å². The fourth-order valence-corrected chi connectivity index (χ4v) is 4.99. The number of carbonyl (C=O) groups is 1.